The molecule has 2 atom stereocenters. The second kappa shape index (κ2) is 21.2. The van der Waals surface area contributed by atoms with Crippen molar-refractivity contribution in [3.63, 3.8) is 0 Å². The fraction of sp³-hybridized carbons (Fsp3) is 0.463. The number of nitriles is 1. The molecule has 2 unspecified atom stereocenters. The minimum Gasteiger partial charge on any atom is -0.493 e. The number of methoxy groups -OCH3 is 2. The lowest BCUT2D eigenvalue weighted by atomic mass is 9.72. The molecule has 1 aliphatic heterocycles. The summed E-state index contributed by atoms with van der Waals surface area (Å²) in [5, 5.41) is 18.8. The highest BCUT2D eigenvalue weighted by Gasteiger charge is 2.36. The van der Waals surface area contributed by atoms with E-state index in [1.807, 2.05) is 72.6 Å². The topological polar surface area (TPSA) is 178 Å². The standard InChI is InChI=1S/C54H71N9O6S2/c1-50(2,3)33-53(10,11)36-18-24-42(66-15)44(30-36)68-70(64)60-39-28-35(29-40(32-39)61-71(65)69-45-31-37(19-25-43(45)67-16)54(12,13)34-51(4,5)6)48-57-49-46(47(52(7,8)9)58-63(49)59-48)56-38-20-22-41(23-21-38)62(14)27-17-26-55/h18-25,28-32,60-61H,17,27,33-34H2,1-16H3. The fourth-order valence-corrected chi connectivity index (χ4v) is 10.5. The minimum absolute atomic E-state index is 0.0583. The Hall–Kier alpha value is -6.25. The number of rotatable bonds is 19. The summed E-state index contributed by atoms with van der Waals surface area (Å²) in [6, 6.07) is 26.4. The first-order valence-corrected chi connectivity index (χ1v) is 25.8. The Bertz CT molecular complexity index is 2770. The number of hydrogen-bond donors (Lipinski definition) is 2. The first-order chi connectivity index (χ1) is 33.1. The van der Waals surface area contributed by atoms with E-state index in [0.29, 0.717) is 75.8 Å². The maximum Gasteiger partial charge on any atom is 0.316 e. The van der Waals surface area contributed by atoms with E-state index in [9.17, 15) is 8.42 Å². The van der Waals surface area contributed by atoms with Crippen LogP contribution in [0.4, 0.5) is 22.7 Å². The molecule has 15 nitrogen and oxygen atoms in total. The second-order valence-electron chi connectivity index (χ2n) is 22.8. The van der Waals surface area contributed by atoms with Crippen LogP contribution in [-0.4, -0.2) is 62.5 Å². The van der Waals surface area contributed by atoms with Gasteiger partial charge >= 0.3 is 22.5 Å². The smallest absolute Gasteiger partial charge is 0.316 e. The zero-order chi connectivity index (χ0) is 52.3. The number of aromatic nitrogens is 3. The van der Waals surface area contributed by atoms with E-state index in [2.05, 4.69) is 106 Å². The largest absolute Gasteiger partial charge is 0.493 e. The molecule has 0 spiro atoms. The second-order valence-corrected chi connectivity index (χ2v) is 24.4. The average Bonchev–Trinajstić information content (AvgIpc) is 3.83. The summed E-state index contributed by atoms with van der Waals surface area (Å²) in [5.74, 6) is 2.14. The van der Waals surface area contributed by atoms with Gasteiger partial charge in [0.05, 0.1) is 49.5 Å². The first kappa shape index (κ1) is 54.1. The predicted molar refractivity (Wildman–Crippen MR) is 289 cm³/mol. The van der Waals surface area contributed by atoms with Crippen LogP contribution in [0, 0.1) is 27.6 Å². The van der Waals surface area contributed by atoms with Gasteiger partial charge in [-0.15, -0.1) is 9.89 Å². The van der Waals surface area contributed by atoms with Crippen LogP contribution in [0.1, 0.15) is 126 Å². The summed E-state index contributed by atoms with van der Waals surface area (Å²) in [6.07, 6.45) is 2.20. The van der Waals surface area contributed by atoms with E-state index in [1.54, 1.807) is 18.2 Å². The number of fused-ring (bicyclic) bond motifs is 1. The van der Waals surface area contributed by atoms with Crippen molar-refractivity contribution in [3.05, 3.63) is 95.8 Å². The highest BCUT2D eigenvalue weighted by Crippen LogP contribution is 2.42. The van der Waals surface area contributed by atoms with E-state index in [1.165, 1.54) is 19.0 Å². The predicted octanol–water partition coefficient (Wildman–Crippen LogP) is 12.3. The molecule has 2 heterocycles. The van der Waals surface area contributed by atoms with Crippen molar-refractivity contribution >= 4 is 56.7 Å². The molecule has 0 aliphatic carbocycles. The van der Waals surface area contributed by atoms with E-state index in [-0.39, 0.29) is 27.5 Å². The minimum atomic E-state index is -2.15. The third-order valence-electron chi connectivity index (χ3n) is 11.8. The molecule has 380 valence electrons. The molecular formula is C54H71N9O6S2. The molecule has 2 N–H and O–H groups in total. The van der Waals surface area contributed by atoms with Gasteiger partial charge in [-0.2, -0.15) is 18.8 Å². The molecule has 0 bridgehead atoms. The third kappa shape index (κ3) is 14.0. The highest BCUT2D eigenvalue weighted by atomic mass is 32.2. The molecule has 0 saturated carbocycles. The van der Waals surface area contributed by atoms with E-state index in [4.69, 9.17) is 43.3 Å². The van der Waals surface area contributed by atoms with Crippen LogP contribution in [0.3, 0.4) is 0 Å². The van der Waals surface area contributed by atoms with Gasteiger partial charge in [-0.1, -0.05) is 102 Å². The van der Waals surface area contributed by atoms with Gasteiger partial charge in [0.15, 0.2) is 28.8 Å². The van der Waals surface area contributed by atoms with Crippen LogP contribution >= 0.6 is 0 Å². The lowest BCUT2D eigenvalue weighted by Crippen LogP contribution is -2.27. The summed E-state index contributed by atoms with van der Waals surface area (Å²) in [4.78, 5) is 13.5. The van der Waals surface area contributed by atoms with Gasteiger partial charge in [-0.05, 0) is 112 Å². The van der Waals surface area contributed by atoms with Gasteiger partial charge in [-0.3, -0.25) is 9.44 Å². The lowest BCUT2D eigenvalue weighted by Gasteiger charge is -2.33. The number of ether oxygens (including phenoxy) is 2. The molecule has 71 heavy (non-hydrogen) atoms. The van der Waals surface area contributed by atoms with Gasteiger partial charge < -0.3 is 22.7 Å². The van der Waals surface area contributed by atoms with Crippen LogP contribution in [0.5, 0.6) is 23.0 Å². The maximum absolute atomic E-state index is 14.0. The molecular weight excluding hydrogens is 935 g/mol. The summed E-state index contributed by atoms with van der Waals surface area (Å²) < 4.78 is 57.4. The Balaban J connectivity index is 1.37. The van der Waals surface area contributed by atoms with Crippen LogP contribution in [-0.2, 0) is 33.4 Å². The Morgan fingerprint density at radius 1 is 0.690 bits per heavy atom. The number of hydrogen-bond acceptors (Lipinski definition) is 12. The third-order valence-corrected chi connectivity index (χ3v) is 13.2. The van der Waals surface area contributed by atoms with Crippen molar-refractivity contribution in [1.29, 1.82) is 5.26 Å². The van der Waals surface area contributed by atoms with Crippen LogP contribution in [0.2, 0.25) is 0 Å². The van der Waals surface area contributed by atoms with E-state index in [0.717, 1.165) is 29.7 Å². The Labute approximate surface area is 426 Å². The van der Waals surface area contributed by atoms with Crippen molar-refractivity contribution in [2.24, 2.45) is 26.3 Å². The number of anilines is 3. The maximum atomic E-state index is 14.0. The van der Waals surface area contributed by atoms with Crippen molar-refractivity contribution in [3.8, 4) is 40.5 Å². The number of nitrogens with zero attached hydrogens (tertiary/aromatic N) is 7. The number of benzene rings is 4. The molecule has 1 aliphatic rings. The van der Waals surface area contributed by atoms with Crippen LogP contribution in [0.15, 0.2) is 89.0 Å². The lowest BCUT2D eigenvalue weighted by molar-refractivity contribution is 0.283. The van der Waals surface area contributed by atoms with Crippen LogP contribution < -0.4 is 32.2 Å². The van der Waals surface area contributed by atoms with Gasteiger partial charge in [0.2, 0.25) is 5.82 Å². The summed E-state index contributed by atoms with van der Waals surface area (Å²) >= 11 is -4.31. The molecule has 0 saturated heterocycles. The van der Waals surface area contributed by atoms with Gasteiger partial charge in [0.25, 0.3) is 0 Å². The average molecular weight is 1010 g/mol. The zero-order valence-corrected chi connectivity index (χ0v) is 45.9. The molecule has 0 fully saturated rings. The number of nitrogens with one attached hydrogen (secondary N) is 2. The van der Waals surface area contributed by atoms with E-state index >= 15 is 0 Å². The van der Waals surface area contributed by atoms with Crippen molar-refractivity contribution < 1.29 is 26.3 Å². The van der Waals surface area contributed by atoms with E-state index < -0.39 is 27.9 Å². The van der Waals surface area contributed by atoms with Gasteiger partial charge in [0.1, 0.15) is 5.71 Å². The first-order valence-electron chi connectivity index (χ1n) is 23.7. The molecule has 0 amide bonds. The Morgan fingerprint density at radius 3 is 1.62 bits per heavy atom. The molecule has 0 radical (unpaired) electrons. The van der Waals surface area contributed by atoms with Gasteiger partial charge in [0, 0.05) is 30.3 Å². The normalized spacial score (nSPS) is 14.5. The monoisotopic (exact) mass is 1010 g/mol. The molecule has 1 aromatic heterocycles. The summed E-state index contributed by atoms with van der Waals surface area (Å²) in [6.45, 7) is 28.7. The molecule has 17 heteroatoms. The number of aliphatic imine (C=N–C) groups is 1. The zero-order valence-electron chi connectivity index (χ0n) is 44.2. The van der Waals surface area contributed by atoms with Crippen LogP contribution in [0.25, 0.3) is 11.4 Å². The van der Waals surface area contributed by atoms with Crippen molar-refractivity contribution in [2.75, 3.05) is 42.2 Å². The fourth-order valence-electron chi connectivity index (χ4n) is 9.21. The molecule has 5 aromatic rings. The highest BCUT2D eigenvalue weighted by molar-refractivity contribution is 7.82. The van der Waals surface area contributed by atoms with Gasteiger partial charge in [-0.25, -0.2) is 9.98 Å². The molecule has 6 rings (SSSR count). The summed E-state index contributed by atoms with van der Waals surface area (Å²) in [5.41, 5.74) is 5.31. The molecule has 4 aromatic carbocycles. The summed E-state index contributed by atoms with van der Waals surface area (Å²) in [7, 11) is 5.02. The van der Waals surface area contributed by atoms with Crippen molar-refractivity contribution in [1.82, 2.24) is 14.9 Å². The quantitative estimate of drug-likeness (QED) is 0.0809. The SMILES string of the molecule is COc1ccc(C(C)(C)CC(C)(C)C)cc1OS(=O)Nc1cc(NS(=O)Oc2cc(C(C)(C)CC(C)(C)C)ccc2OC)cc(-c2nc3n(n2)N=C(C(C)(C)C)C3=Nc2ccc(N(C)CCC#N)cc2)c1. The van der Waals surface area contributed by atoms with Crippen molar-refractivity contribution in [2.45, 2.75) is 120 Å². The Morgan fingerprint density at radius 2 is 1.18 bits per heavy atom. The Kier molecular flexibility index (Phi) is 16.2.